The molecule has 1 saturated carbocycles. The molecule has 24 heavy (non-hydrogen) atoms. The summed E-state index contributed by atoms with van der Waals surface area (Å²) in [5.74, 6) is 1.42. The standard InChI is InChI=1S/C16H16N8/c1-2-9(3-1)18-15-11-6-7-17-14(11)20-16(21-15)19-10-4-5-12-13(8-10)23-24-22-12/h4-9H,1-3H2,(H,22,23,24)(H3,17,18,19,20,21). The van der Waals surface area contributed by atoms with Crippen molar-refractivity contribution in [3.8, 4) is 0 Å². The fraction of sp³-hybridized carbons (Fsp3) is 0.250. The van der Waals surface area contributed by atoms with E-state index in [-0.39, 0.29) is 0 Å². The molecule has 0 saturated heterocycles. The number of hydrogen-bond donors (Lipinski definition) is 4. The Balaban J connectivity index is 1.50. The lowest BCUT2D eigenvalue weighted by Crippen LogP contribution is -2.27. The first-order valence-electron chi connectivity index (χ1n) is 8.05. The summed E-state index contributed by atoms with van der Waals surface area (Å²) in [6, 6.07) is 8.31. The van der Waals surface area contributed by atoms with Crippen LogP contribution < -0.4 is 10.6 Å². The maximum Gasteiger partial charge on any atom is 0.231 e. The zero-order valence-electron chi connectivity index (χ0n) is 12.9. The zero-order valence-corrected chi connectivity index (χ0v) is 12.9. The summed E-state index contributed by atoms with van der Waals surface area (Å²) in [5, 5.41) is 18.5. The van der Waals surface area contributed by atoms with Crippen LogP contribution in [-0.4, -0.2) is 36.4 Å². The van der Waals surface area contributed by atoms with Crippen LogP contribution in [0.2, 0.25) is 0 Å². The normalized spacial score (nSPS) is 14.8. The third kappa shape index (κ3) is 2.23. The highest BCUT2D eigenvalue weighted by molar-refractivity contribution is 5.88. The maximum atomic E-state index is 4.66. The highest BCUT2D eigenvalue weighted by Crippen LogP contribution is 2.28. The number of aromatic nitrogens is 6. The number of H-pyrrole nitrogens is 2. The summed E-state index contributed by atoms with van der Waals surface area (Å²) in [6.45, 7) is 0. The van der Waals surface area contributed by atoms with Crippen LogP contribution in [0.1, 0.15) is 19.3 Å². The second kappa shape index (κ2) is 5.19. The molecule has 1 aliphatic carbocycles. The number of fused-ring (bicyclic) bond motifs is 2. The van der Waals surface area contributed by atoms with Crippen molar-refractivity contribution in [1.29, 1.82) is 0 Å². The molecule has 0 bridgehead atoms. The molecule has 1 aromatic carbocycles. The molecule has 1 aliphatic rings. The van der Waals surface area contributed by atoms with Crippen molar-refractivity contribution in [2.24, 2.45) is 0 Å². The number of hydrogen-bond acceptors (Lipinski definition) is 6. The van der Waals surface area contributed by atoms with E-state index >= 15 is 0 Å². The van der Waals surface area contributed by atoms with Crippen LogP contribution in [0.4, 0.5) is 17.5 Å². The van der Waals surface area contributed by atoms with Gasteiger partial charge in [-0.15, -0.1) is 5.10 Å². The van der Waals surface area contributed by atoms with Gasteiger partial charge in [-0.2, -0.15) is 9.97 Å². The summed E-state index contributed by atoms with van der Waals surface area (Å²) in [5.41, 5.74) is 3.39. The Morgan fingerprint density at radius 3 is 2.96 bits per heavy atom. The van der Waals surface area contributed by atoms with Crippen molar-refractivity contribution in [3.05, 3.63) is 30.5 Å². The molecule has 0 unspecified atom stereocenters. The van der Waals surface area contributed by atoms with E-state index in [9.17, 15) is 0 Å². The van der Waals surface area contributed by atoms with Gasteiger partial charge in [-0.3, -0.25) is 5.10 Å². The molecule has 0 spiro atoms. The molecule has 0 radical (unpaired) electrons. The third-order valence-corrected chi connectivity index (χ3v) is 4.44. The monoisotopic (exact) mass is 320 g/mol. The fourth-order valence-corrected chi connectivity index (χ4v) is 2.90. The topological polar surface area (TPSA) is 107 Å². The van der Waals surface area contributed by atoms with E-state index in [1.807, 2.05) is 30.5 Å². The molecule has 5 rings (SSSR count). The van der Waals surface area contributed by atoms with Crippen LogP contribution in [0, 0.1) is 0 Å². The minimum Gasteiger partial charge on any atom is -0.367 e. The van der Waals surface area contributed by atoms with Crippen molar-refractivity contribution in [2.45, 2.75) is 25.3 Å². The molecule has 120 valence electrons. The Morgan fingerprint density at radius 1 is 1.12 bits per heavy atom. The van der Waals surface area contributed by atoms with Crippen molar-refractivity contribution >= 4 is 39.5 Å². The Labute approximate surface area is 137 Å². The summed E-state index contributed by atoms with van der Waals surface area (Å²) >= 11 is 0. The Hall–Kier alpha value is -3.16. The van der Waals surface area contributed by atoms with Crippen molar-refractivity contribution in [2.75, 3.05) is 10.6 Å². The predicted molar refractivity (Wildman–Crippen MR) is 92.3 cm³/mol. The Kier molecular flexibility index (Phi) is 2.87. The number of nitrogens with one attached hydrogen (secondary N) is 4. The quantitative estimate of drug-likeness (QED) is 0.460. The van der Waals surface area contributed by atoms with Gasteiger partial charge < -0.3 is 15.6 Å². The zero-order chi connectivity index (χ0) is 15.9. The van der Waals surface area contributed by atoms with Crippen molar-refractivity contribution < 1.29 is 0 Å². The van der Waals surface area contributed by atoms with E-state index in [1.165, 1.54) is 19.3 Å². The van der Waals surface area contributed by atoms with Gasteiger partial charge in [0.2, 0.25) is 5.95 Å². The SMILES string of the molecule is c1cc2c(NC3CCC3)nc(Nc3ccc4[nH]nnc4c3)nc2[nH]1. The molecule has 8 nitrogen and oxygen atoms in total. The summed E-state index contributed by atoms with van der Waals surface area (Å²) < 4.78 is 0. The van der Waals surface area contributed by atoms with E-state index in [1.54, 1.807) is 0 Å². The predicted octanol–water partition coefficient (Wildman–Crippen LogP) is 2.94. The van der Waals surface area contributed by atoms with Crippen LogP contribution in [0.3, 0.4) is 0 Å². The summed E-state index contributed by atoms with van der Waals surface area (Å²) in [6.07, 6.45) is 5.56. The van der Waals surface area contributed by atoms with Gasteiger partial charge in [-0.25, -0.2) is 0 Å². The van der Waals surface area contributed by atoms with Gasteiger partial charge in [-0.05, 0) is 43.5 Å². The van der Waals surface area contributed by atoms with E-state index in [0.717, 1.165) is 33.6 Å². The van der Waals surface area contributed by atoms with Crippen LogP contribution in [0.5, 0.6) is 0 Å². The third-order valence-electron chi connectivity index (χ3n) is 4.44. The van der Waals surface area contributed by atoms with Crippen molar-refractivity contribution in [3.63, 3.8) is 0 Å². The first-order valence-corrected chi connectivity index (χ1v) is 8.05. The van der Waals surface area contributed by atoms with Gasteiger partial charge in [0.1, 0.15) is 17.0 Å². The first kappa shape index (κ1) is 13.3. The van der Waals surface area contributed by atoms with Gasteiger partial charge in [0.05, 0.1) is 10.9 Å². The van der Waals surface area contributed by atoms with Gasteiger partial charge in [0.25, 0.3) is 0 Å². The van der Waals surface area contributed by atoms with E-state index in [2.05, 4.69) is 41.0 Å². The average Bonchev–Trinajstić information content (AvgIpc) is 3.18. The van der Waals surface area contributed by atoms with E-state index in [0.29, 0.717) is 12.0 Å². The molecule has 0 aliphatic heterocycles. The second-order valence-electron chi connectivity index (χ2n) is 6.08. The van der Waals surface area contributed by atoms with Crippen molar-refractivity contribution in [1.82, 2.24) is 30.4 Å². The molecule has 1 fully saturated rings. The lowest BCUT2D eigenvalue weighted by atomic mass is 9.93. The minimum absolute atomic E-state index is 0.511. The van der Waals surface area contributed by atoms with Crippen LogP contribution in [0.15, 0.2) is 30.5 Å². The van der Waals surface area contributed by atoms with Gasteiger partial charge >= 0.3 is 0 Å². The highest BCUT2D eigenvalue weighted by Gasteiger charge is 2.19. The molecular formula is C16H16N8. The van der Waals surface area contributed by atoms with E-state index in [4.69, 9.17) is 0 Å². The minimum atomic E-state index is 0.511. The largest absolute Gasteiger partial charge is 0.367 e. The first-order chi connectivity index (χ1) is 11.8. The molecular weight excluding hydrogens is 304 g/mol. The Morgan fingerprint density at radius 2 is 2.08 bits per heavy atom. The molecule has 8 heteroatoms. The molecule has 3 heterocycles. The fourth-order valence-electron chi connectivity index (χ4n) is 2.90. The van der Waals surface area contributed by atoms with Gasteiger partial charge in [-0.1, -0.05) is 5.21 Å². The van der Waals surface area contributed by atoms with Crippen LogP contribution >= 0.6 is 0 Å². The molecule has 0 atom stereocenters. The number of anilines is 3. The van der Waals surface area contributed by atoms with E-state index < -0.39 is 0 Å². The summed E-state index contributed by atoms with van der Waals surface area (Å²) in [4.78, 5) is 12.4. The lowest BCUT2D eigenvalue weighted by molar-refractivity contribution is 0.445. The number of benzene rings is 1. The number of nitrogens with zero attached hydrogens (tertiary/aromatic N) is 4. The maximum absolute atomic E-state index is 4.66. The second-order valence-corrected chi connectivity index (χ2v) is 6.08. The smallest absolute Gasteiger partial charge is 0.231 e. The molecule has 4 aromatic rings. The molecule has 0 amide bonds. The molecule has 3 aromatic heterocycles. The Bertz CT molecular complexity index is 1010. The van der Waals surface area contributed by atoms with Gasteiger partial charge in [0.15, 0.2) is 0 Å². The number of rotatable bonds is 4. The number of aromatic amines is 2. The van der Waals surface area contributed by atoms with Crippen LogP contribution in [-0.2, 0) is 0 Å². The molecule has 4 N–H and O–H groups in total. The van der Waals surface area contributed by atoms with Gasteiger partial charge in [0, 0.05) is 17.9 Å². The van der Waals surface area contributed by atoms with Crippen LogP contribution in [0.25, 0.3) is 22.1 Å². The average molecular weight is 320 g/mol. The highest BCUT2D eigenvalue weighted by atomic mass is 15.3. The summed E-state index contributed by atoms with van der Waals surface area (Å²) in [7, 11) is 0. The lowest BCUT2D eigenvalue weighted by Gasteiger charge is -2.27.